The predicted octanol–water partition coefficient (Wildman–Crippen LogP) is 2.64. The number of aryl methyl sites for hydroxylation is 1. The molecule has 1 aliphatic carbocycles. The van der Waals surface area contributed by atoms with Gasteiger partial charge >= 0.3 is 6.18 Å². The standard InChI is InChI=1S/C11H13BrF3N3O/c1-6-9(12)10(11(13,14)15)17-18(6)5-4-8(19)16-7-2-3-7/h7H,2-5H2,1H3,(H,16,19). The largest absolute Gasteiger partial charge is 0.436 e. The third kappa shape index (κ3) is 3.49. The number of carbonyl (C=O) groups excluding carboxylic acids is 1. The normalized spacial score (nSPS) is 15.6. The Hall–Kier alpha value is -1.05. The maximum Gasteiger partial charge on any atom is 0.436 e. The van der Waals surface area contributed by atoms with E-state index in [9.17, 15) is 18.0 Å². The Bertz CT molecular complexity index is 494. The molecule has 1 aromatic heterocycles. The lowest BCUT2D eigenvalue weighted by molar-refractivity contribution is -0.142. The third-order valence-electron chi connectivity index (χ3n) is 2.90. The van der Waals surface area contributed by atoms with Crippen LogP contribution in [0.2, 0.25) is 0 Å². The van der Waals surface area contributed by atoms with E-state index in [1.165, 1.54) is 11.6 Å². The number of halogens is 4. The highest BCUT2D eigenvalue weighted by molar-refractivity contribution is 9.10. The fraction of sp³-hybridized carbons (Fsp3) is 0.636. The molecular formula is C11H13BrF3N3O. The number of aromatic nitrogens is 2. The summed E-state index contributed by atoms with van der Waals surface area (Å²) in [6.45, 7) is 1.67. The fourth-order valence-corrected chi connectivity index (χ4v) is 2.17. The molecule has 1 N–H and O–H groups in total. The van der Waals surface area contributed by atoms with Gasteiger partial charge in [-0.25, -0.2) is 0 Å². The molecular weight excluding hydrogens is 327 g/mol. The zero-order chi connectivity index (χ0) is 14.2. The van der Waals surface area contributed by atoms with E-state index >= 15 is 0 Å². The SMILES string of the molecule is Cc1c(Br)c(C(F)(F)F)nn1CCC(=O)NC1CC1. The van der Waals surface area contributed by atoms with Crippen molar-refractivity contribution < 1.29 is 18.0 Å². The van der Waals surface area contributed by atoms with E-state index in [1.54, 1.807) is 0 Å². The van der Waals surface area contributed by atoms with E-state index in [-0.39, 0.29) is 29.4 Å². The number of alkyl halides is 3. The summed E-state index contributed by atoms with van der Waals surface area (Å²) in [5.41, 5.74) is -0.584. The Morgan fingerprint density at radius 1 is 1.53 bits per heavy atom. The molecule has 106 valence electrons. The first-order valence-corrected chi connectivity index (χ1v) is 6.68. The highest BCUT2D eigenvalue weighted by Crippen LogP contribution is 2.35. The van der Waals surface area contributed by atoms with Gasteiger partial charge in [0.25, 0.3) is 0 Å². The summed E-state index contributed by atoms with van der Waals surface area (Å²) < 4.78 is 39.0. The van der Waals surface area contributed by atoms with Gasteiger partial charge in [-0.15, -0.1) is 0 Å². The zero-order valence-electron chi connectivity index (χ0n) is 10.2. The van der Waals surface area contributed by atoms with Crippen molar-refractivity contribution in [2.75, 3.05) is 0 Å². The summed E-state index contributed by atoms with van der Waals surface area (Å²) in [5.74, 6) is -0.151. The van der Waals surface area contributed by atoms with Crippen LogP contribution >= 0.6 is 15.9 Å². The maximum atomic E-state index is 12.6. The van der Waals surface area contributed by atoms with Gasteiger partial charge in [0, 0.05) is 12.5 Å². The van der Waals surface area contributed by atoms with Crippen LogP contribution in [0, 0.1) is 6.92 Å². The molecule has 0 aromatic carbocycles. The second kappa shape index (κ2) is 5.15. The number of nitrogens with zero attached hydrogens (tertiary/aromatic N) is 2. The molecule has 1 fully saturated rings. The van der Waals surface area contributed by atoms with Gasteiger partial charge in [0.15, 0.2) is 5.69 Å². The Morgan fingerprint density at radius 2 is 2.16 bits per heavy atom. The fourth-order valence-electron chi connectivity index (χ4n) is 1.66. The Kier molecular flexibility index (Phi) is 3.89. The van der Waals surface area contributed by atoms with Crippen molar-refractivity contribution >= 4 is 21.8 Å². The van der Waals surface area contributed by atoms with E-state index < -0.39 is 11.9 Å². The summed E-state index contributed by atoms with van der Waals surface area (Å²) in [7, 11) is 0. The van der Waals surface area contributed by atoms with E-state index in [4.69, 9.17) is 0 Å². The number of amides is 1. The average Bonchev–Trinajstić information content (AvgIpc) is 3.04. The van der Waals surface area contributed by atoms with E-state index in [1.807, 2.05) is 0 Å². The molecule has 1 aromatic rings. The minimum Gasteiger partial charge on any atom is -0.353 e. The number of hydrogen-bond acceptors (Lipinski definition) is 2. The lowest BCUT2D eigenvalue weighted by atomic mass is 10.3. The minimum absolute atomic E-state index is 0.0670. The molecule has 2 rings (SSSR count). The first kappa shape index (κ1) is 14.4. The average molecular weight is 340 g/mol. The van der Waals surface area contributed by atoms with Crippen LogP contribution in [0.5, 0.6) is 0 Å². The Balaban J connectivity index is 2.01. The van der Waals surface area contributed by atoms with Crippen LogP contribution in [-0.4, -0.2) is 21.7 Å². The molecule has 0 atom stereocenters. The molecule has 4 nitrogen and oxygen atoms in total. The van der Waals surface area contributed by atoms with Crippen molar-refractivity contribution in [1.29, 1.82) is 0 Å². The quantitative estimate of drug-likeness (QED) is 0.916. The van der Waals surface area contributed by atoms with Gasteiger partial charge in [0.05, 0.1) is 16.7 Å². The smallest absolute Gasteiger partial charge is 0.353 e. The lowest BCUT2D eigenvalue weighted by Gasteiger charge is -2.05. The van der Waals surface area contributed by atoms with Crippen molar-refractivity contribution in [1.82, 2.24) is 15.1 Å². The molecule has 1 amide bonds. The summed E-state index contributed by atoms with van der Waals surface area (Å²) in [6.07, 6.45) is -2.40. The topological polar surface area (TPSA) is 46.9 Å². The van der Waals surface area contributed by atoms with Gasteiger partial charge in [-0.05, 0) is 35.7 Å². The van der Waals surface area contributed by atoms with Gasteiger partial charge < -0.3 is 5.32 Å². The molecule has 19 heavy (non-hydrogen) atoms. The highest BCUT2D eigenvalue weighted by Gasteiger charge is 2.37. The number of hydrogen-bond donors (Lipinski definition) is 1. The Morgan fingerprint density at radius 3 is 2.63 bits per heavy atom. The molecule has 1 saturated carbocycles. The zero-order valence-corrected chi connectivity index (χ0v) is 11.8. The molecule has 1 heterocycles. The molecule has 0 bridgehead atoms. The molecule has 0 radical (unpaired) electrons. The van der Waals surface area contributed by atoms with Crippen LogP contribution < -0.4 is 5.32 Å². The predicted molar refractivity (Wildman–Crippen MR) is 65.4 cm³/mol. The second-order valence-corrected chi connectivity index (χ2v) is 5.35. The number of rotatable bonds is 4. The van der Waals surface area contributed by atoms with Crippen molar-refractivity contribution in [2.45, 2.75) is 44.9 Å². The lowest BCUT2D eigenvalue weighted by Crippen LogP contribution is -2.26. The first-order chi connectivity index (χ1) is 8.79. The van der Waals surface area contributed by atoms with E-state index in [0.717, 1.165) is 12.8 Å². The first-order valence-electron chi connectivity index (χ1n) is 5.88. The van der Waals surface area contributed by atoms with Gasteiger partial charge in [0.1, 0.15) is 0 Å². The third-order valence-corrected chi connectivity index (χ3v) is 3.84. The van der Waals surface area contributed by atoms with Crippen LogP contribution in [0.25, 0.3) is 0 Å². The van der Waals surface area contributed by atoms with E-state index in [2.05, 4.69) is 26.3 Å². The molecule has 1 aliphatic rings. The van der Waals surface area contributed by atoms with Gasteiger partial charge in [-0.3, -0.25) is 9.48 Å². The monoisotopic (exact) mass is 339 g/mol. The van der Waals surface area contributed by atoms with Gasteiger partial charge in [-0.1, -0.05) is 0 Å². The summed E-state index contributed by atoms with van der Waals surface area (Å²) in [6, 6.07) is 0.253. The maximum absolute atomic E-state index is 12.6. The summed E-state index contributed by atoms with van der Waals surface area (Å²) in [5, 5.41) is 6.29. The minimum atomic E-state index is -4.49. The molecule has 0 spiro atoms. The molecule has 0 aliphatic heterocycles. The second-order valence-electron chi connectivity index (χ2n) is 4.56. The van der Waals surface area contributed by atoms with Crippen molar-refractivity contribution in [3.63, 3.8) is 0 Å². The molecule has 8 heteroatoms. The van der Waals surface area contributed by atoms with E-state index in [0.29, 0.717) is 5.69 Å². The van der Waals surface area contributed by atoms with Crippen LogP contribution in [0.4, 0.5) is 13.2 Å². The number of nitrogens with one attached hydrogen (secondary N) is 1. The van der Waals surface area contributed by atoms with Crippen molar-refractivity contribution in [3.05, 3.63) is 15.9 Å². The van der Waals surface area contributed by atoms with Gasteiger partial charge in [-0.2, -0.15) is 18.3 Å². The highest BCUT2D eigenvalue weighted by atomic mass is 79.9. The summed E-state index contributed by atoms with van der Waals surface area (Å²) in [4.78, 5) is 11.5. The summed E-state index contributed by atoms with van der Waals surface area (Å²) >= 11 is 2.89. The Labute approximate surface area is 116 Å². The van der Waals surface area contributed by atoms with Crippen LogP contribution in [-0.2, 0) is 17.5 Å². The van der Waals surface area contributed by atoms with Crippen molar-refractivity contribution in [3.8, 4) is 0 Å². The van der Waals surface area contributed by atoms with Gasteiger partial charge in [0.2, 0.25) is 5.91 Å². The van der Waals surface area contributed by atoms with Crippen LogP contribution in [0.1, 0.15) is 30.7 Å². The number of carbonyl (C=O) groups is 1. The van der Waals surface area contributed by atoms with Crippen LogP contribution in [0.15, 0.2) is 4.47 Å². The molecule has 0 saturated heterocycles. The van der Waals surface area contributed by atoms with Crippen LogP contribution in [0.3, 0.4) is 0 Å². The van der Waals surface area contributed by atoms with Crippen molar-refractivity contribution in [2.24, 2.45) is 0 Å². The molecule has 0 unspecified atom stereocenters.